The zero-order chi connectivity index (χ0) is 26.1. The van der Waals surface area contributed by atoms with Crippen LogP contribution in [-0.2, 0) is 16.2 Å². The summed E-state index contributed by atoms with van der Waals surface area (Å²) in [7, 11) is 0. The highest BCUT2D eigenvalue weighted by molar-refractivity contribution is 6.39. The zero-order valence-corrected chi connectivity index (χ0v) is 20.9. The summed E-state index contributed by atoms with van der Waals surface area (Å²) in [5, 5.41) is 4.07. The van der Waals surface area contributed by atoms with E-state index in [2.05, 4.69) is 31.3 Å². The number of aryl methyl sites for hydroxylation is 3. The zero-order valence-electron chi connectivity index (χ0n) is 20.9. The Labute approximate surface area is 215 Å². The maximum atomic E-state index is 13.5. The molecule has 0 saturated carbocycles. The Morgan fingerprint density at radius 1 is 0.811 bits per heavy atom. The Morgan fingerprint density at radius 2 is 1.57 bits per heavy atom. The number of nitrogens with one attached hydrogen (secondary N) is 1. The second kappa shape index (κ2) is 9.74. The lowest BCUT2D eigenvalue weighted by Gasteiger charge is -2.27. The van der Waals surface area contributed by atoms with Gasteiger partial charge in [-0.25, -0.2) is 9.69 Å². The van der Waals surface area contributed by atoms with E-state index in [9.17, 15) is 14.4 Å². The molecule has 5 rings (SSSR count). The lowest BCUT2D eigenvalue weighted by molar-refractivity contribution is -0.122. The van der Waals surface area contributed by atoms with Gasteiger partial charge in [-0.15, -0.1) is 0 Å². The third-order valence-corrected chi connectivity index (χ3v) is 6.64. The van der Waals surface area contributed by atoms with Crippen LogP contribution in [0.1, 0.15) is 27.8 Å². The van der Waals surface area contributed by atoms with E-state index in [1.807, 2.05) is 48.5 Å². The van der Waals surface area contributed by atoms with Gasteiger partial charge >= 0.3 is 6.03 Å². The summed E-state index contributed by atoms with van der Waals surface area (Å²) in [6.07, 6.45) is 1.52. The number of urea groups is 1. The molecule has 4 aromatic carbocycles. The van der Waals surface area contributed by atoms with Gasteiger partial charge < -0.3 is 4.74 Å². The van der Waals surface area contributed by atoms with Crippen LogP contribution in [0.25, 0.3) is 16.8 Å². The first-order chi connectivity index (χ1) is 17.8. The maximum Gasteiger partial charge on any atom is 0.335 e. The van der Waals surface area contributed by atoms with Gasteiger partial charge in [0.1, 0.15) is 17.9 Å². The lowest BCUT2D eigenvalue weighted by Crippen LogP contribution is -2.54. The summed E-state index contributed by atoms with van der Waals surface area (Å²) < 4.78 is 6.22. The van der Waals surface area contributed by atoms with Crippen LogP contribution in [0.5, 0.6) is 5.75 Å². The van der Waals surface area contributed by atoms with Gasteiger partial charge in [-0.05, 0) is 72.0 Å². The highest BCUT2D eigenvalue weighted by Gasteiger charge is 2.37. The van der Waals surface area contributed by atoms with E-state index >= 15 is 0 Å². The third kappa shape index (κ3) is 4.61. The number of hydrogen-bond acceptors (Lipinski definition) is 4. The monoisotopic (exact) mass is 490 g/mol. The fraction of sp³-hybridized carbons (Fsp3) is 0.129. The van der Waals surface area contributed by atoms with Gasteiger partial charge in [-0.1, -0.05) is 66.7 Å². The molecule has 0 atom stereocenters. The second-order valence-electron chi connectivity index (χ2n) is 9.15. The quantitative estimate of drug-likeness (QED) is 0.275. The van der Waals surface area contributed by atoms with Crippen molar-refractivity contribution in [2.75, 3.05) is 4.90 Å². The van der Waals surface area contributed by atoms with E-state index < -0.39 is 17.8 Å². The van der Waals surface area contributed by atoms with Crippen molar-refractivity contribution >= 4 is 40.4 Å². The van der Waals surface area contributed by atoms with Gasteiger partial charge in [0.05, 0.1) is 5.69 Å². The van der Waals surface area contributed by atoms with E-state index in [4.69, 9.17) is 4.74 Å². The molecule has 0 aliphatic carbocycles. The number of rotatable bonds is 5. The molecular formula is C31H26N2O4. The number of ether oxygens (including phenoxy) is 1. The molecule has 1 heterocycles. The van der Waals surface area contributed by atoms with Crippen LogP contribution < -0.4 is 15.0 Å². The van der Waals surface area contributed by atoms with Crippen molar-refractivity contribution in [1.82, 2.24) is 5.32 Å². The third-order valence-electron chi connectivity index (χ3n) is 6.64. The molecule has 6 heteroatoms. The van der Waals surface area contributed by atoms with Crippen molar-refractivity contribution in [3.8, 4) is 5.75 Å². The molecule has 0 aromatic heterocycles. The number of benzene rings is 4. The van der Waals surface area contributed by atoms with Crippen LogP contribution in [0.2, 0.25) is 0 Å². The van der Waals surface area contributed by atoms with Crippen molar-refractivity contribution < 1.29 is 19.1 Å². The van der Waals surface area contributed by atoms with Crippen molar-refractivity contribution in [3.63, 3.8) is 0 Å². The van der Waals surface area contributed by atoms with E-state index in [0.717, 1.165) is 26.8 Å². The normalized spacial score (nSPS) is 14.8. The largest absolute Gasteiger partial charge is 0.488 e. The fourth-order valence-electron chi connectivity index (χ4n) is 4.44. The molecule has 1 saturated heterocycles. The minimum absolute atomic E-state index is 0.143. The number of fused-ring (bicyclic) bond motifs is 1. The molecule has 0 bridgehead atoms. The Morgan fingerprint density at radius 3 is 2.35 bits per heavy atom. The first-order valence-corrected chi connectivity index (χ1v) is 12.0. The minimum Gasteiger partial charge on any atom is -0.488 e. The fourth-order valence-corrected chi connectivity index (χ4v) is 4.44. The average Bonchev–Trinajstić information content (AvgIpc) is 2.88. The van der Waals surface area contributed by atoms with E-state index in [1.54, 1.807) is 25.1 Å². The molecule has 0 radical (unpaired) electrons. The molecule has 0 spiro atoms. The Balaban J connectivity index is 1.58. The Bertz CT molecular complexity index is 1600. The minimum atomic E-state index is -0.773. The summed E-state index contributed by atoms with van der Waals surface area (Å²) in [4.78, 5) is 40.1. The number of carbonyl (C=O) groups is 3. The second-order valence-corrected chi connectivity index (χ2v) is 9.15. The molecule has 1 aliphatic rings. The number of barbiturate groups is 1. The molecule has 1 N–H and O–H groups in total. The Kier molecular flexibility index (Phi) is 6.32. The molecule has 4 aromatic rings. The number of carbonyl (C=O) groups excluding carboxylic acids is 3. The SMILES string of the molecule is Cc1ccc(COc2ccc3ccccc3c2/C=C2\C(=O)NC(=O)N(c3ccccc3C)C2=O)cc1C. The number of amides is 4. The van der Waals surface area contributed by atoms with Crippen molar-refractivity contribution in [1.29, 1.82) is 0 Å². The summed E-state index contributed by atoms with van der Waals surface area (Å²) in [5.41, 5.74) is 5.00. The van der Waals surface area contributed by atoms with Gasteiger partial charge in [-0.3, -0.25) is 14.9 Å². The Hall–Kier alpha value is -4.71. The molecule has 37 heavy (non-hydrogen) atoms. The van der Waals surface area contributed by atoms with E-state index in [-0.39, 0.29) is 5.57 Å². The number of nitrogens with zero attached hydrogens (tertiary/aromatic N) is 1. The molecule has 1 aliphatic heterocycles. The highest BCUT2D eigenvalue weighted by atomic mass is 16.5. The van der Waals surface area contributed by atoms with Crippen LogP contribution in [-0.4, -0.2) is 17.8 Å². The van der Waals surface area contributed by atoms with Crippen molar-refractivity contribution in [3.05, 3.63) is 112 Å². The number of para-hydroxylation sites is 1. The molecule has 184 valence electrons. The van der Waals surface area contributed by atoms with E-state index in [1.165, 1.54) is 17.2 Å². The topological polar surface area (TPSA) is 75.7 Å². The van der Waals surface area contributed by atoms with Gasteiger partial charge in [0.2, 0.25) is 0 Å². The van der Waals surface area contributed by atoms with Crippen LogP contribution >= 0.6 is 0 Å². The summed E-state index contributed by atoms with van der Waals surface area (Å²) in [5.74, 6) is -0.895. The van der Waals surface area contributed by atoms with Crippen molar-refractivity contribution in [2.24, 2.45) is 0 Å². The molecule has 1 fully saturated rings. The number of anilines is 1. The number of hydrogen-bond donors (Lipinski definition) is 1. The molecule has 4 amide bonds. The molecule has 0 unspecified atom stereocenters. The lowest BCUT2D eigenvalue weighted by atomic mass is 9.99. The summed E-state index contributed by atoms with van der Waals surface area (Å²) >= 11 is 0. The van der Waals surface area contributed by atoms with Gasteiger partial charge in [0.15, 0.2) is 0 Å². The van der Waals surface area contributed by atoms with Gasteiger partial charge in [0, 0.05) is 5.56 Å². The van der Waals surface area contributed by atoms with Crippen LogP contribution in [0.3, 0.4) is 0 Å². The van der Waals surface area contributed by atoms with Gasteiger partial charge in [-0.2, -0.15) is 0 Å². The predicted molar refractivity (Wildman–Crippen MR) is 144 cm³/mol. The highest BCUT2D eigenvalue weighted by Crippen LogP contribution is 2.33. The summed E-state index contributed by atoms with van der Waals surface area (Å²) in [6, 6.07) is 23.9. The van der Waals surface area contributed by atoms with Crippen LogP contribution in [0.4, 0.5) is 10.5 Å². The van der Waals surface area contributed by atoms with Crippen LogP contribution in [0, 0.1) is 20.8 Å². The van der Waals surface area contributed by atoms with E-state index in [0.29, 0.717) is 23.6 Å². The molecule has 6 nitrogen and oxygen atoms in total. The molecular weight excluding hydrogens is 464 g/mol. The van der Waals surface area contributed by atoms with Crippen molar-refractivity contribution in [2.45, 2.75) is 27.4 Å². The first-order valence-electron chi connectivity index (χ1n) is 12.0. The summed E-state index contributed by atoms with van der Waals surface area (Å²) in [6.45, 7) is 6.24. The average molecular weight is 491 g/mol. The maximum absolute atomic E-state index is 13.5. The number of imide groups is 2. The smallest absolute Gasteiger partial charge is 0.335 e. The predicted octanol–water partition coefficient (Wildman–Crippen LogP) is 6.01. The standard InChI is InChI=1S/C31H26N2O4/c1-19-12-13-22(16-21(19)3)18-37-28-15-14-23-9-5-6-10-24(23)25(28)17-26-29(34)32-31(36)33(30(26)35)27-11-7-4-8-20(27)2/h4-17H,18H2,1-3H3,(H,32,34,36)/b26-17+. The van der Waals surface area contributed by atoms with Gasteiger partial charge in [0.25, 0.3) is 11.8 Å². The first kappa shape index (κ1) is 24.0. The van der Waals surface area contributed by atoms with Crippen LogP contribution in [0.15, 0.2) is 84.4 Å².